The first-order chi connectivity index (χ1) is 15.3. The Kier molecular flexibility index (Phi) is 6.21. The van der Waals surface area contributed by atoms with E-state index in [0.29, 0.717) is 24.3 Å². The summed E-state index contributed by atoms with van der Waals surface area (Å²) in [7, 11) is -3.76. The monoisotopic (exact) mass is 456 g/mol. The third kappa shape index (κ3) is 4.49. The van der Waals surface area contributed by atoms with Gasteiger partial charge in [-0.3, -0.25) is 9.89 Å². The van der Waals surface area contributed by atoms with Crippen molar-refractivity contribution in [2.24, 2.45) is 5.92 Å². The molecule has 9 heteroatoms. The molecule has 1 atom stereocenters. The average molecular weight is 457 g/mol. The molecule has 3 aromatic rings. The molecule has 1 fully saturated rings. The van der Waals surface area contributed by atoms with Crippen molar-refractivity contribution in [3.05, 3.63) is 59.3 Å². The molecule has 4 rings (SSSR count). The largest absolute Gasteiger partial charge is 0.442 e. The summed E-state index contributed by atoms with van der Waals surface area (Å²) >= 11 is 0. The van der Waals surface area contributed by atoms with Crippen LogP contribution in [0.2, 0.25) is 0 Å². The fraction of sp³-hybridized carbons (Fsp3) is 0.391. The highest BCUT2D eigenvalue weighted by Crippen LogP contribution is 2.28. The minimum atomic E-state index is -3.76. The number of rotatable bonds is 6. The SMILES string of the molecule is Cc1ccc([C@@H](C)NC(=O)C2CCN(S(=O)(=O)c3ccc(-c4ccn[nH]4)o3)CC2)c(C)c1. The number of piperidine rings is 1. The van der Waals surface area contributed by atoms with Gasteiger partial charge in [0.2, 0.25) is 11.0 Å². The molecule has 2 N–H and O–H groups in total. The molecule has 1 saturated heterocycles. The van der Waals surface area contributed by atoms with Gasteiger partial charge in [-0.2, -0.15) is 9.40 Å². The van der Waals surface area contributed by atoms with E-state index < -0.39 is 10.0 Å². The predicted octanol–water partition coefficient (Wildman–Crippen LogP) is 3.56. The summed E-state index contributed by atoms with van der Waals surface area (Å²) in [4.78, 5) is 12.8. The Morgan fingerprint density at radius 3 is 2.59 bits per heavy atom. The molecule has 3 heterocycles. The number of furan rings is 1. The summed E-state index contributed by atoms with van der Waals surface area (Å²) in [5.41, 5.74) is 4.04. The van der Waals surface area contributed by atoms with Crippen molar-refractivity contribution in [2.45, 2.75) is 44.7 Å². The van der Waals surface area contributed by atoms with Gasteiger partial charge in [-0.25, -0.2) is 8.42 Å². The number of aromatic nitrogens is 2. The molecule has 1 amide bonds. The average Bonchev–Trinajstić information content (AvgIpc) is 3.46. The van der Waals surface area contributed by atoms with Crippen LogP contribution in [-0.4, -0.2) is 41.9 Å². The molecule has 0 spiro atoms. The molecule has 0 aliphatic carbocycles. The van der Waals surface area contributed by atoms with E-state index in [4.69, 9.17) is 4.42 Å². The lowest BCUT2D eigenvalue weighted by atomic mass is 9.95. The van der Waals surface area contributed by atoms with Crippen molar-refractivity contribution < 1.29 is 17.6 Å². The maximum Gasteiger partial charge on any atom is 0.276 e. The van der Waals surface area contributed by atoms with Gasteiger partial charge in [0.15, 0.2) is 5.76 Å². The minimum absolute atomic E-state index is 0.0333. The summed E-state index contributed by atoms with van der Waals surface area (Å²) in [6.07, 6.45) is 2.51. The summed E-state index contributed by atoms with van der Waals surface area (Å²) in [6.45, 7) is 6.61. The lowest BCUT2D eigenvalue weighted by Gasteiger charge is -2.30. The Morgan fingerprint density at radius 1 is 1.19 bits per heavy atom. The van der Waals surface area contributed by atoms with Gasteiger partial charge < -0.3 is 9.73 Å². The second-order valence-electron chi connectivity index (χ2n) is 8.36. The van der Waals surface area contributed by atoms with Gasteiger partial charge in [0.25, 0.3) is 10.0 Å². The molecule has 0 unspecified atom stereocenters. The standard InChI is InChI=1S/C23H28N4O4S/c1-15-4-5-19(16(2)14-15)17(3)25-23(28)18-9-12-27(13-10-18)32(29,30)22-7-6-21(31-22)20-8-11-24-26-20/h4-8,11,14,17-18H,9-10,12-13H2,1-3H3,(H,24,26)(H,25,28)/t17-/m1/s1. The van der Waals surface area contributed by atoms with E-state index in [-0.39, 0.29) is 36.0 Å². The Morgan fingerprint density at radius 2 is 1.94 bits per heavy atom. The number of benzene rings is 1. The molecule has 0 radical (unpaired) electrons. The van der Waals surface area contributed by atoms with Crippen molar-refractivity contribution in [3.8, 4) is 11.5 Å². The van der Waals surface area contributed by atoms with Gasteiger partial charge in [0.1, 0.15) is 5.69 Å². The van der Waals surface area contributed by atoms with Crippen LogP contribution in [0.3, 0.4) is 0 Å². The number of hydrogen-bond acceptors (Lipinski definition) is 5. The van der Waals surface area contributed by atoms with Crippen LogP contribution in [-0.2, 0) is 14.8 Å². The fourth-order valence-corrected chi connectivity index (χ4v) is 5.58. The zero-order chi connectivity index (χ0) is 22.9. The summed E-state index contributed by atoms with van der Waals surface area (Å²) in [6, 6.07) is 10.9. The number of aryl methyl sites for hydroxylation is 2. The van der Waals surface area contributed by atoms with E-state index in [1.165, 1.54) is 15.9 Å². The number of sulfonamides is 1. The van der Waals surface area contributed by atoms with Crippen molar-refractivity contribution in [1.82, 2.24) is 19.8 Å². The number of carbonyl (C=O) groups is 1. The maximum atomic E-state index is 13.0. The molecule has 1 aromatic carbocycles. The first kappa shape index (κ1) is 22.3. The van der Waals surface area contributed by atoms with Gasteiger partial charge in [-0.05, 0) is 62.9 Å². The smallest absolute Gasteiger partial charge is 0.276 e. The van der Waals surface area contributed by atoms with Crippen molar-refractivity contribution in [3.63, 3.8) is 0 Å². The third-order valence-electron chi connectivity index (χ3n) is 6.02. The van der Waals surface area contributed by atoms with E-state index in [9.17, 15) is 13.2 Å². The highest BCUT2D eigenvalue weighted by molar-refractivity contribution is 7.89. The summed E-state index contributed by atoms with van der Waals surface area (Å²) in [5, 5.41) is 9.60. The van der Waals surface area contributed by atoms with Gasteiger partial charge in [-0.1, -0.05) is 23.8 Å². The van der Waals surface area contributed by atoms with Crippen molar-refractivity contribution in [1.29, 1.82) is 0 Å². The van der Waals surface area contributed by atoms with Crippen LogP contribution < -0.4 is 5.32 Å². The van der Waals surface area contributed by atoms with E-state index in [1.54, 1.807) is 18.3 Å². The zero-order valence-corrected chi connectivity index (χ0v) is 19.3. The molecule has 8 nitrogen and oxygen atoms in total. The molecule has 1 aliphatic rings. The van der Waals surface area contributed by atoms with Gasteiger partial charge >= 0.3 is 0 Å². The molecular formula is C23H28N4O4S. The Balaban J connectivity index is 1.36. The number of H-pyrrole nitrogens is 1. The van der Waals surface area contributed by atoms with Gasteiger partial charge in [0.05, 0.1) is 6.04 Å². The number of hydrogen-bond donors (Lipinski definition) is 2. The second-order valence-corrected chi connectivity index (χ2v) is 10.2. The number of amides is 1. The van der Waals surface area contributed by atoms with Crippen molar-refractivity contribution in [2.75, 3.05) is 13.1 Å². The van der Waals surface area contributed by atoms with E-state index >= 15 is 0 Å². The molecule has 2 aromatic heterocycles. The number of carbonyl (C=O) groups excluding carboxylic acids is 1. The number of nitrogens with zero attached hydrogens (tertiary/aromatic N) is 2. The highest BCUT2D eigenvalue weighted by Gasteiger charge is 2.34. The summed E-state index contributed by atoms with van der Waals surface area (Å²) in [5.74, 6) is 0.164. The van der Waals surface area contributed by atoms with Crippen molar-refractivity contribution >= 4 is 15.9 Å². The minimum Gasteiger partial charge on any atom is -0.442 e. The first-order valence-electron chi connectivity index (χ1n) is 10.7. The third-order valence-corrected chi connectivity index (χ3v) is 7.79. The molecule has 1 aliphatic heterocycles. The van der Waals surface area contributed by atoms with Crippen LogP contribution in [0.4, 0.5) is 0 Å². The molecule has 0 saturated carbocycles. The fourth-order valence-electron chi connectivity index (χ4n) is 4.20. The number of aromatic amines is 1. The van der Waals surface area contributed by atoms with Crippen LogP contribution in [0.5, 0.6) is 0 Å². The van der Waals surface area contributed by atoms with Crippen LogP contribution in [0.25, 0.3) is 11.5 Å². The van der Waals surface area contributed by atoms with E-state index in [0.717, 1.165) is 11.1 Å². The molecule has 32 heavy (non-hydrogen) atoms. The quantitative estimate of drug-likeness (QED) is 0.590. The second kappa shape index (κ2) is 8.91. The topological polar surface area (TPSA) is 108 Å². The number of nitrogens with one attached hydrogen (secondary N) is 2. The molecular weight excluding hydrogens is 428 g/mol. The normalized spacial score (nSPS) is 16.7. The van der Waals surface area contributed by atoms with Crippen LogP contribution >= 0.6 is 0 Å². The molecule has 170 valence electrons. The Labute approximate surface area is 188 Å². The first-order valence-corrected chi connectivity index (χ1v) is 12.2. The van der Waals surface area contributed by atoms with Gasteiger partial charge in [-0.15, -0.1) is 0 Å². The van der Waals surface area contributed by atoms with Crippen LogP contribution in [0.1, 0.15) is 42.5 Å². The predicted molar refractivity (Wildman–Crippen MR) is 120 cm³/mol. The molecule has 0 bridgehead atoms. The maximum absolute atomic E-state index is 13.0. The van der Waals surface area contributed by atoms with Crippen LogP contribution in [0.15, 0.2) is 52.1 Å². The highest BCUT2D eigenvalue weighted by atomic mass is 32.2. The Hall–Kier alpha value is -2.91. The zero-order valence-electron chi connectivity index (χ0n) is 18.5. The van der Waals surface area contributed by atoms with E-state index in [2.05, 4.69) is 21.6 Å². The summed E-state index contributed by atoms with van der Waals surface area (Å²) < 4.78 is 32.9. The lowest BCUT2D eigenvalue weighted by Crippen LogP contribution is -2.43. The lowest BCUT2D eigenvalue weighted by molar-refractivity contribution is -0.126. The van der Waals surface area contributed by atoms with Gasteiger partial charge in [0, 0.05) is 25.2 Å². The van der Waals surface area contributed by atoms with E-state index in [1.807, 2.05) is 32.9 Å². The Bertz CT molecular complexity index is 1190. The van der Waals surface area contributed by atoms with Crippen LogP contribution in [0, 0.1) is 19.8 Å².